The summed E-state index contributed by atoms with van der Waals surface area (Å²) in [7, 11) is 1.36. The number of benzene rings is 2. The summed E-state index contributed by atoms with van der Waals surface area (Å²) in [6.07, 6.45) is 0. The molecule has 3 aromatic rings. The molecule has 0 atom stereocenters. The minimum atomic E-state index is -1.18. The molecule has 1 heterocycles. The largest absolute Gasteiger partial charge is 0.493 e. The second-order valence-electron chi connectivity index (χ2n) is 5.93. The van der Waals surface area contributed by atoms with Crippen LogP contribution in [0.3, 0.4) is 0 Å². The highest BCUT2D eigenvalue weighted by Gasteiger charge is 2.19. The van der Waals surface area contributed by atoms with Gasteiger partial charge in [0.1, 0.15) is 5.76 Å². The number of aryl methyl sites for hydroxylation is 1. The van der Waals surface area contributed by atoms with Crippen molar-refractivity contribution in [2.45, 2.75) is 6.92 Å². The van der Waals surface area contributed by atoms with Crippen LogP contribution in [0.1, 0.15) is 26.5 Å². The molecule has 3 rings (SSSR count). The third-order valence-corrected chi connectivity index (χ3v) is 4.72. The van der Waals surface area contributed by atoms with Gasteiger partial charge in [-0.15, -0.1) is 0 Å². The highest BCUT2D eigenvalue weighted by atomic mass is 35.5. The SMILES string of the molecule is COc1c(Cl)cc(C(=O)O)cc1NC(=O)c1ccc(-c2ccc(C)c(Cl)c2)o1. The van der Waals surface area contributed by atoms with Gasteiger partial charge in [-0.05, 0) is 42.8 Å². The Morgan fingerprint density at radius 1 is 1.07 bits per heavy atom. The summed E-state index contributed by atoms with van der Waals surface area (Å²) in [5.74, 6) is -1.11. The number of methoxy groups -OCH3 is 1. The van der Waals surface area contributed by atoms with Gasteiger partial charge in [0.05, 0.1) is 23.4 Å². The Morgan fingerprint density at radius 3 is 2.46 bits per heavy atom. The van der Waals surface area contributed by atoms with E-state index in [1.165, 1.54) is 25.3 Å². The summed E-state index contributed by atoms with van der Waals surface area (Å²) in [6.45, 7) is 1.89. The summed E-state index contributed by atoms with van der Waals surface area (Å²) in [5.41, 5.74) is 1.68. The maximum Gasteiger partial charge on any atom is 0.335 e. The number of aromatic carboxylic acids is 1. The van der Waals surface area contributed by atoms with E-state index in [0.717, 1.165) is 11.1 Å². The molecule has 8 heteroatoms. The molecule has 0 spiro atoms. The number of nitrogens with one attached hydrogen (secondary N) is 1. The van der Waals surface area contributed by atoms with E-state index < -0.39 is 11.9 Å². The monoisotopic (exact) mass is 419 g/mol. The van der Waals surface area contributed by atoms with Gasteiger partial charge >= 0.3 is 5.97 Å². The minimum absolute atomic E-state index is 0.0330. The highest BCUT2D eigenvalue weighted by Crippen LogP contribution is 2.35. The van der Waals surface area contributed by atoms with Crippen molar-refractivity contribution in [1.29, 1.82) is 0 Å². The molecule has 0 bridgehead atoms. The second kappa shape index (κ2) is 7.96. The summed E-state index contributed by atoms with van der Waals surface area (Å²) >= 11 is 12.2. The van der Waals surface area contributed by atoms with Crippen LogP contribution >= 0.6 is 23.2 Å². The van der Waals surface area contributed by atoms with Crippen molar-refractivity contribution in [2.24, 2.45) is 0 Å². The Kier molecular flexibility index (Phi) is 5.63. The lowest BCUT2D eigenvalue weighted by Crippen LogP contribution is -2.13. The highest BCUT2D eigenvalue weighted by molar-refractivity contribution is 6.33. The maximum atomic E-state index is 12.6. The van der Waals surface area contributed by atoms with E-state index in [9.17, 15) is 14.7 Å². The molecule has 0 unspecified atom stereocenters. The lowest BCUT2D eigenvalue weighted by Gasteiger charge is -2.12. The van der Waals surface area contributed by atoms with E-state index in [-0.39, 0.29) is 27.8 Å². The van der Waals surface area contributed by atoms with Crippen molar-refractivity contribution in [2.75, 3.05) is 12.4 Å². The van der Waals surface area contributed by atoms with E-state index >= 15 is 0 Å². The van der Waals surface area contributed by atoms with Gasteiger partial charge in [-0.3, -0.25) is 4.79 Å². The summed E-state index contributed by atoms with van der Waals surface area (Å²) in [5, 5.41) is 12.4. The lowest BCUT2D eigenvalue weighted by molar-refractivity contribution is 0.0696. The zero-order chi connectivity index (χ0) is 20.4. The van der Waals surface area contributed by atoms with E-state index in [1.807, 2.05) is 19.1 Å². The van der Waals surface area contributed by atoms with Crippen molar-refractivity contribution in [1.82, 2.24) is 0 Å². The van der Waals surface area contributed by atoms with Crippen LogP contribution in [0.15, 0.2) is 46.9 Å². The Balaban J connectivity index is 1.89. The van der Waals surface area contributed by atoms with Crippen LogP contribution in [0.4, 0.5) is 5.69 Å². The van der Waals surface area contributed by atoms with Gasteiger partial charge < -0.3 is 19.6 Å². The zero-order valence-corrected chi connectivity index (χ0v) is 16.4. The van der Waals surface area contributed by atoms with Gasteiger partial charge in [0.2, 0.25) is 0 Å². The summed E-state index contributed by atoms with van der Waals surface area (Å²) in [6, 6.07) is 11.1. The topological polar surface area (TPSA) is 88.8 Å². The third-order valence-electron chi connectivity index (χ3n) is 4.03. The molecule has 0 fully saturated rings. The number of carbonyl (C=O) groups excluding carboxylic acids is 1. The number of ether oxygens (including phenoxy) is 1. The molecule has 28 heavy (non-hydrogen) atoms. The standard InChI is InChI=1S/C20H15Cl2NO5/c1-10-3-4-11(7-13(10)21)16-5-6-17(28-16)19(24)23-15-9-12(20(25)26)8-14(22)18(15)27-2/h3-9H,1-2H3,(H,23,24)(H,25,26). The van der Waals surface area contributed by atoms with Crippen LogP contribution in [-0.2, 0) is 0 Å². The fourth-order valence-electron chi connectivity index (χ4n) is 2.56. The average Bonchev–Trinajstić information content (AvgIpc) is 3.14. The maximum absolute atomic E-state index is 12.6. The number of rotatable bonds is 5. The van der Waals surface area contributed by atoms with Crippen molar-refractivity contribution in [3.63, 3.8) is 0 Å². The molecule has 144 valence electrons. The fraction of sp³-hybridized carbons (Fsp3) is 0.100. The predicted molar refractivity (Wildman–Crippen MR) is 107 cm³/mol. The second-order valence-corrected chi connectivity index (χ2v) is 6.74. The molecule has 0 aliphatic heterocycles. The van der Waals surface area contributed by atoms with Crippen molar-refractivity contribution in [3.8, 4) is 17.1 Å². The van der Waals surface area contributed by atoms with Gasteiger partial charge in [-0.2, -0.15) is 0 Å². The number of halogens is 2. The van der Waals surface area contributed by atoms with E-state index in [4.69, 9.17) is 32.4 Å². The summed E-state index contributed by atoms with van der Waals surface area (Å²) in [4.78, 5) is 23.8. The van der Waals surface area contributed by atoms with E-state index in [0.29, 0.717) is 10.8 Å². The van der Waals surface area contributed by atoms with E-state index in [1.54, 1.807) is 12.1 Å². The van der Waals surface area contributed by atoms with Crippen LogP contribution < -0.4 is 10.1 Å². The molecule has 2 N–H and O–H groups in total. The number of carboxylic acids is 1. The number of furan rings is 1. The Morgan fingerprint density at radius 2 is 1.82 bits per heavy atom. The first kappa shape index (κ1) is 19.8. The molecule has 2 aromatic carbocycles. The van der Waals surface area contributed by atoms with Crippen molar-refractivity contribution in [3.05, 3.63) is 69.4 Å². The zero-order valence-electron chi connectivity index (χ0n) is 14.9. The van der Waals surface area contributed by atoms with Gasteiger partial charge in [-0.1, -0.05) is 35.3 Å². The number of anilines is 1. The van der Waals surface area contributed by atoms with Crippen LogP contribution in [0.5, 0.6) is 5.75 Å². The number of hydrogen-bond donors (Lipinski definition) is 2. The normalized spacial score (nSPS) is 10.6. The van der Waals surface area contributed by atoms with Crippen molar-refractivity contribution < 1.29 is 23.8 Å². The molecular formula is C20H15Cl2NO5. The quantitative estimate of drug-likeness (QED) is 0.567. The predicted octanol–water partition coefficient (Wildman–Crippen LogP) is 5.52. The van der Waals surface area contributed by atoms with Crippen LogP contribution in [0.25, 0.3) is 11.3 Å². The number of hydrogen-bond acceptors (Lipinski definition) is 4. The average molecular weight is 420 g/mol. The molecule has 1 aromatic heterocycles. The number of carbonyl (C=O) groups is 2. The molecule has 1 amide bonds. The summed E-state index contributed by atoms with van der Waals surface area (Å²) < 4.78 is 10.8. The van der Waals surface area contributed by atoms with E-state index in [2.05, 4.69) is 5.32 Å². The first-order valence-electron chi connectivity index (χ1n) is 8.08. The molecular weight excluding hydrogens is 405 g/mol. The molecule has 0 saturated carbocycles. The molecule has 0 aliphatic carbocycles. The van der Waals surface area contributed by atoms with Crippen molar-refractivity contribution >= 4 is 40.8 Å². The van der Waals surface area contributed by atoms with Gasteiger partial charge in [0, 0.05) is 10.6 Å². The minimum Gasteiger partial charge on any atom is -0.493 e. The first-order chi connectivity index (χ1) is 13.3. The fourth-order valence-corrected chi connectivity index (χ4v) is 3.04. The van der Waals surface area contributed by atoms with Gasteiger partial charge in [0.15, 0.2) is 11.5 Å². The Bertz CT molecular complexity index is 1070. The molecule has 0 saturated heterocycles. The molecule has 0 aliphatic rings. The first-order valence-corrected chi connectivity index (χ1v) is 8.84. The third kappa shape index (κ3) is 3.98. The lowest BCUT2D eigenvalue weighted by atomic mass is 10.1. The Labute approximate surface area is 170 Å². The smallest absolute Gasteiger partial charge is 0.335 e. The molecule has 6 nitrogen and oxygen atoms in total. The van der Waals surface area contributed by atoms with Gasteiger partial charge in [0.25, 0.3) is 5.91 Å². The Hall–Kier alpha value is -2.96. The number of amides is 1. The van der Waals surface area contributed by atoms with Gasteiger partial charge in [-0.25, -0.2) is 4.79 Å². The van der Waals surface area contributed by atoms with Crippen LogP contribution in [0, 0.1) is 6.92 Å². The molecule has 0 radical (unpaired) electrons. The van der Waals surface area contributed by atoms with Crippen LogP contribution in [-0.4, -0.2) is 24.1 Å². The number of carboxylic acid groups (broad SMARTS) is 1. The van der Waals surface area contributed by atoms with Crippen LogP contribution in [0.2, 0.25) is 10.0 Å².